The fourth-order valence-electron chi connectivity index (χ4n) is 2.74. The van der Waals surface area contributed by atoms with E-state index in [0.29, 0.717) is 5.56 Å². The topological polar surface area (TPSA) is 59.3 Å². The van der Waals surface area contributed by atoms with Crippen LogP contribution in [-0.4, -0.2) is 21.2 Å². The second-order valence-electron chi connectivity index (χ2n) is 5.90. The number of nitrogens with one attached hydrogen (secondary N) is 1. The molecule has 0 unspecified atom stereocenters. The number of hydrogen-bond donors (Lipinski definition) is 1. The molecule has 1 aromatic carbocycles. The maximum Gasteiger partial charge on any atom is 0.271 e. The molecule has 0 atom stereocenters. The van der Waals surface area contributed by atoms with Crippen molar-refractivity contribution in [1.29, 1.82) is 0 Å². The Kier molecular flexibility index (Phi) is 4.81. The molecular formula is C19H20N4OS. The standard InChI is InChI=1S/C19H20N4OS/c1-12-5-6-13(2)23(12)17-9-7-16(8-10-17)19(24)22-21-15(4)18-14(3)20-11-25-18/h5-11H,1-4H3,(H,22,24)/b21-15+. The normalized spacial score (nSPS) is 11.6. The zero-order chi connectivity index (χ0) is 18.0. The molecule has 2 aromatic heterocycles. The number of amides is 1. The van der Waals surface area contributed by atoms with E-state index in [1.54, 1.807) is 5.51 Å². The molecular weight excluding hydrogens is 332 g/mol. The van der Waals surface area contributed by atoms with Crippen molar-refractivity contribution in [3.05, 3.63) is 69.4 Å². The SMILES string of the molecule is C/C(=N\NC(=O)c1ccc(-n2c(C)ccc2C)cc1)c1scnc1C. The number of thiazole rings is 1. The number of carbonyl (C=O) groups is 1. The minimum atomic E-state index is -0.228. The predicted octanol–water partition coefficient (Wildman–Crippen LogP) is 4.01. The number of rotatable bonds is 4. The van der Waals surface area contributed by atoms with Gasteiger partial charge in [-0.1, -0.05) is 0 Å². The van der Waals surface area contributed by atoms with Crippen LogP contribution in [0.15, 0.2) is 47.0 Å². The molecule has 0 aliphatic rings. The molecule has 128 valence electrons. The number of aromatic nitrogens is 2. The third-order valence-corrected chi connectivity index (χ3v) is 5.10. The van der Waals surface area contributed by atoms with Crippen molar-refractivity contribution >= 4 is 23.0 Å². The number of nitrogens with zero attached hydrogens (tertiary/aromatic N) is 3. The fraction of sp³-hybridized carbons (Fsp3) is 0.211. The molecule has 3 aromatic rings. The summed E-state index contributed by atoms with van der Waals surface area (Å²) in [5, 5.41) is 4.19. The van der Waals surface area contributed by atoms with Crippen LogP contribution in [0.5, 0.6) is 0 Å². The Morgan fingerprint density at radius 3 is 2.28 bits per heavy atom. The van der Waals surface area contributed by atoms with Gasteiger partial charge in [-0.25, -0.2) is 10.4 Å². The lowest BCUT2D eigenvalue weighted by Crippen LogP contribution is -2.19. The first-order valence-corrected chi connectivity index (χ1v) is 8.86. The summed E-state index contributed by atoms with van der Waals surface area (Å²) in [4.78, 5) is 17.5. The number of hydrazone groups is 1. The van der Waals surface area contributed by atoms with Crippen LogP contribution in [0.2, 0.25) is 0 Å². The summed E-state index contributed by atoms with van der Waals surface area (Å²) in [5.41, 5.74) is 9.99. The highest BCUT2D eigenvalue weighted by Crippen LogP contribution is 2.17. The van der Waals surface area contributed by atoms with E-state index in [4.69, 9.17) is 0 Å². The van der Waals surface area contributed by atoms with Gasteiger partial charge in [-0.3, -0.25) is 4.79 Å². The Bertz CT molecular complexity index is 915. The van der Waals surface area contributed by atoms with E-state index in [9.17, 15) is 4.79 Å². The summed E-state index contributed by atoms with van der Waals surface area (Å²) in [6.07, 6.45) is 0. The van der Waals surface area contributed by atoms with Crippen LogP contribution >= 0.6 is 11.3 Å². The van der Waals surface area contributed by atoms with E-state index in [2.05, 4.69) is 46.1 Å². The van der Waals surface area contributed by atoms with Gasteiger partial charge in [0.2, 0.25) is 0 Å². The van der Waals surface area contributed by atoms with Crippen molar-refractivity contribution < 1.29 is 4.79 Å². The highest BCUT2D eigenvalue weighted by molar-refractivity contribution is 7.12. The molecule has 0 saturated carbocycles. The van der Waals surface area contributed by atoms with Gasteiger partial charge in [-0.15, -0.1) is 11.3 Å². The van der Waals surface area contributed by atoms with Crippen LogP contribution in [0.4, 0.5) is 0 Å². The summed E-state index contributed by atoms with van der Waals surface area (Å²) in [5.74, 6) is -0.228. The van der Waals surface area contributed by atoms with E-state index in [0.717, 1.165) is 33.4 Å². The Morgan fingerprint density at radius 1 is 1.08 bits per heavy atom. The molecule has 3 rings (SSSR count). The highest BCUT2D eigenvalue weighted by atomic mass is 32.1. The van der Waals surface area contributed by atoms with Crippen molar-refractivity contribution in [1.82, 2.24) is 15.0 Å². The molecule has 0 bridgehead atoms. The summed E-state index contributed by atoms with van der Waals surface area (Å²) < 4.78 is 2.15. The molecule has 0 aliphatic carbocycles. The molecule has 5 nitrogen and oxygen atoms in total. The first-order chi connectivity index (χ1) is 12.0. The number of carbonyl (C=O) groups excluding carboxylic acids is 1. The Hall–Kier alpha value is -2.73. The lowest BCUT2D eigenvalue weighted by molar-refractivity contribution is 0.0955. The van der Waals surface area contributed by atoms with Crippen molar-refractivity contribution in [2.45, 2.75) is 27.7 Å². The quantitative estimate of drug-likeness (QED) is 0.570. The molecule has 2 heterocycles. The fourth-order valence-corrected chi connectivity index (χ4v) is 3.49. The summed E-state index contributed by atoms with van der Waals surface area (Å²) in [6, 6.07) is 11.7. The summed E-state index contributed by atoms with van der Waals surface area (Å²) >= 11 is 1.51. The van der Waals surface area contributed by atoms with Crippen molar-refractivity contribution in [3.63, 3.8) is 0 Å². The molecule has 1 N–H and O–H groups in total. The van der Waals surface area contributed by atoms with Crippen LogP contribution in [0.3, 0.4) is 0 Å². The zero-order valence-corrected chi connectivity index (χ0v) is 15.5. The molecule has 0 spiro atoms. The Labute approximate surface area is 151 Å². The zero-order valence-electron chi connectivity index (χ0n) is 14.7. The smallest absolute Gasteiger partial charge is 0.271 e. The highest BCUT2D eigenvalue weighted by Gasteiger charge is 2.09. The molecule has 1 amide bonds. The van der Waals surface area contributed by atoms with Gasteiger partial charge in [-0.2, -0.15) is 5.10 Å². The van der Waals surface area contributed by atoms with Crippen molar-refractivity contribution in [3.8, 4) is 5.69 Å². The van der Waals surface area contributed by atoms with E-state index < -0.39 is 0 Å². The maximum absolute atomic E-state index is 12.3. The largest absolute Gasteiger partial charge is 0.319 e. The summed E-state index contributed by atoms with van der Waals surface area (Å²) in [6.45, 7) is 7.91. The van der Waals surface area contributed by atoms with Crippen LogP contribution in [-0.2, 0) is 0 Å². The minimum absolute atomic E-state index is 0.228. The van der Waals surface area contributed by atoms with Crippen LogP contribution < -0.4 is 5.43 Å². The van der Waals surface area contributed by atoms with Crippen LogP contribution in [0.1, 0.15) is 39.2 Å². The molecule has 0 saturated heterocycles. The maximum atomic E-state index is 12.3. The first-order valence-electron chi connectivity index (χ1n) is 7.98. The average Bonchev–Trinajstić information content (AvgIpc) is 3.18. The van der Waals surface area contributed by atoms with Gasteiger partial charge in [0, 0.05) is 22.6 Å². The summed E-state index contributed by atoms with van der Waals surface area (Å²) in [7, 11) is 0. The van der Waals surface area contributed by atoms with E-state index in [1.165, 1.54) is 11.3 Å². The van der Waals surface area contributed by atoms with Crippen LogP contribution in [0.25, 0.3) is 5.69 Å². The molecule has 25 heavy (non-hydrogen) atoms. The van der Waals surface area contributed by atoms with Crippen LogP contribution in [0, 0.1) is 20.8 Å². The van der Waals surface area contributed by atoms with Gasteiger partial charge < -0.3 is 4.57 Å². The second kappa shape index (κ2) is 7.03. The molecule has 0 fully saturated rings. The number of benzene rings is 1. The monoisotopic (exact) mass is 352 g/mol. The number of aryl methyl sites for hydroxylation is 3. The van der Waals surface area contributed by atoms with Gasteiger partial charge in [0.1, 0.15) is 0 Å². The van der Waals surface area contributed by atoms with E-state index >= 15 is 0 Å². The van der Waals surface area contributed by atoms with Gasteiger partial charge in [-0.05, 0) is 64.1 Å². The van der Waals surface area contributed by atoms with Gasteiger partial charge in [0.15, 0.2) is 0 Å². The first kappa shape index (κ1) is 17.1. The molecule has 0 aliphatic heterocycles. The predicted molar refractivity (Wildman–Crippen MR) is 102 cm³/mol. The van der Waals surface area contributed by atoms with Gasteiger partial charge in [0.25, 0.3) is 5.91 Å². The van der Waals surface area contributed by atoms with Crippen molar-refractivity contribution in [2.75, 3.05) is 0 Å². The van der Waals surface area contributed by atoms with E-state index in [-0.39, 0.29) is 5.91 Å². The molecule has 0 radical (unpaired) electrons. The third kappa shape index (κ3) is 3.53. The van der Waals surface area contributed by atoms with Crippen molar-refractivity contribution in [2.24, 2.45) is 5.10 Å². The number of hydrogen-bond acceptors (Lipinski definition) is 4. The Balaban J connectivity index is 1.74. The Morgan fingerprint density at radius 2 is 1.72 bits per heavy atom. The van der Waals surface area contributed by atoms with Gasteiger partial charge in [0.05, 0.1) is 21.8 Å². The van der Waals surface area contributed by atoms with Gasteiger partial charge >= 0.3 is 0 Å². The average molecular weight is 352 g/mol. The lowest BCUT2D eigenvalue weighted by Gasteiger charge is -2.10. The lowest BCUT2D eigenvalue weighted by atomic mass is 10.2. The third-order valence-electron chi connectivity index (χ3n) is 4.06. The molecule has 6 heteroatoms. The van der Waals surface area contributed by atoms with E-state index in [1.807, 2.05) is 38.1 Å². The second-order valence-corrected chi connectivity index (χ2v) is 6.76. The minimum Gasteiger partial charge on any atom is -0.319 e.